The highest BCUT2D eigenvalue weighted by atomic mass is 35.5. The van der Waals surface area contributed by atoms with E-state index < -0.39 is 22.0 Å². The maximum atomic E-state index is 13.9. The summed E-state index contributed by atoms with van der Waals surface area (Å²) >= 11 is 6.28. The average molecular weight is 528 g/mol. The molecule has 0 saturated carbocycles. The molecule has 190 valence electrons. The van der Waals surface area contributed by atoms with Crippen LogP contribution in [0.15, 0.2) is 65.8 Å². The van der Waals surface area contributed by atoms with E-state index in [1.807, 2.05) is 43.5 Å². The van der Waals surface area contributed by atoms with Gasteiger partial charge in [0, 0.05) is 43.5 Å². The van der Waals surface area contributed by atoms with Crippen LogP contribution in [0.2, 0.25) is 5.02 Å². The Hall–Kier alpha value is -2.78. The Morgan fingerprint density at radius 1 is 1.14 bits per heavy atom. The number of aromatic nitrogens is 1. The Morgan fingerprint density at radius 2 is 1.92 bits per heavy atom. The molecule has 1 aliphatic rings. The summed E-state index contributed by atoms with van der Waals surface area (Å²) in [6.07, 6.45) is 4.16. The minimum atomic E-state index is -3.84. The van der Waals surface area contributed by atoms with Gasteiger partial charge in [0.25, 0.3) is 0 Å². The average Bonchev–Trinajstić information content (AvgIpc) is 2.85. The molecule has 0 aliphatic carbocycles. The van der Waals surface area contributed by atoms with Gasteiger partial charge in [-0.1, -0.05) is 35.9 Å². The number of halogens is 1. The van der Waals surface area contributed by atoms with Crippen molar-refractivity contribution in [3.8, 4) is 11.1 Å². The number of pyridine rings is 1. The van der Waals surface area contributed by atoms with Crippen molar-refractivity contribution in [2.75, 3.05) is 26.2 Å². The van der Waals surface area contributed by atoms with Gasteiger partial charge in [-0.3, -0.25) is 9.78 Å². The summed E-state index contributed by atoms with van der Waals surface area (Å²) in [5.74, 6) is -0.829. The smallest absolute Gasteiger partial charge is 0.303 e. The SMILES string of the molecule is Cc1cnccc1-c1cccc(C2CN(CCCC(=O)O)CCN2S(=O)(=O)c2cccc(Cl)c2C)c1. The van der Waals surface area contributed by atoms with Crippen molar-refractivity contribution in [3.05, 3.63) is 82.6 Å². The number of hydrogen-bond acceptors (Lipinski definition) is 5. The topological polar surface area (TPSA) is 90.8 Å². The molecule has 0 radical (unpaired) electrons. The highest BCUT2D eigenvalue weighted by Gasteiger charge is 2.38. The predicted molar refractivity (Wildman–Crippen MR) is 141 cm³/mol. The Morgan fingerprint density at radius 3 is 2.67 bits per heavy atom. The van der Waals surface area contributed by atoms with Crippen LogP contribution in [0.4, 0.5) is 0 Å². The van der Waals surface area contributed by atoms with E-state index in [-0.39, 0.29) is 11.3 Å². The normalized spacial score (nSPS) is 17.2. The zero-order valence-corrected chi connectivity index (χ0v) is 22.0. The lowest BCUT2D eigenvalue weighted by atomic mass is 9.97. The molecular weight excluding hydrogens is 498 g/mol. The van der Waals surface area contributed by atoms with Crippen LogP contribution < -0.4 is 0 Å². The monoisotopic (exact) mass is 527 g/mol. The maximum Gasteiger partial charge on any atom is 0.303 e. The number of carbonyl (C=O) groups is 1. The summed E-state index contributed by atoms with van der Waals surface area (Å²) in [6, 6.07) is 14.4. The Kier molecular flexibility index (Phi) is 8.10. The van der Waals surface area contributed by atoms with Crippen molar-refractivity contribution in [2.24, 2.45) is 0 Å². The summed E-state index contributed by atoms with van der Waals surface area (Å²) < 4.78 is 29.4. The molecule has 1 saturated heterocycles. The summed E-state index contributed by atoms with van der Waals surface area (Å²) in [6.45, 7) is 5.60. The Balaban J connectivity index is 1.73. The number of aliphatic carboxylic acids is 1. The first-order valence-electron chi connectivity index (χ1n) is 11.9. The minimum Gasteiger partial charge on any atom is -0.481 e. The van der Waals surface area contributed by atoms with Crippen LogP contribution in [-0.4, -0.2) is 59.9 Å². The lowest BCUT2D eigenvalue weighted by Gasteiger charge is -2.41. The molecule has 2 aromatic carbocycles. The third-order valence-corrected chi connectivity index (χ3v) is 9.15. The first-order valence-corrected chi connectivity index (χ1v) is 13.7. The molecule has 4 rings (SSSR count). The quantitative estimate of drug-likeness (QED) is 0.446. The van der Waals surface area contributed by atoms with Gasteiger partial charge in [0.2, 0.25) is 10.0 Å². The lowest BCUT2D eigenvalue weighted by Crippen LogP contribution is -2.50. The fourth-order valence-electron chi connectivity index (χ4n) is 4.74. The number of nitrogens with zero attached hydrogens (tertiary/aromatic N) is 3. The van der Waals surface area contributed by atoms with E-state index in [1.165, 1.54) is 0 Å². The molecule has 1 unspecified atom stereocenters. The molecule has 0 amide bonds. The van der Waals surface area contributed by atoms with Gasteiger partial charge < -0.3 is 10.0 Å². The molecule has 1 N–H and O–H groups in total. The van der Waals surface area contributed by atoms with E-state index in [4.69, 9.17) is 16.7 Å². The second-order valence-corrected chi connectivity index (χ2v) is 11.4. The summed E-state index contributed by atoms with van der Waals surface area (Å²) in [7, 11) is -3.84. The summed E-state index contributed by atoms with van der Waals surface area (Å²) in [4.78, 5) is 17.5. The minimum absolute atomic E-state index is 0.0850. The molecule has 7 nitrogen and oxygen atoms in total. The van der Waals surface area contributed by atoms with E-state index in [1.54, 1.807) is 35.6 Å². The van der Waals surface area contributed by atoms with Gasteiger partial charge in [-0.25, -0.2) is 8.42 Å². The van der Waals surface area contributed by atoms with Crippen LogP contribution in [0.1, 0.15) is 35.6 Å². The number of rotatable bonds is 8. The van der Waals surface area contributed by atoms with E-state index in [9.17, 15) is 13.2 Å². The molecule has 1 aliphatic heterocycles. The van der Waals surface area contributed by atoms with Crippen LogP contribution in [0.25, 0.3) is 11.1 Å². The fourth-order valence-corrected chi connectivity index (χ4v) is 6.82. The highest BCUT2D eigenvalue weighted by Crippen LogP contribution is 2.35. The Bertz CT molecular complexity index is 1360. The van der Waals surface area contributed by atoms with Gasteiger partial charge in [0.15, 0.2) is 0 Å². The third kappa shape index (κ3) is 5.62. The van der Waals surface area contributed by atoms with Crippen LogP contribution in [0, 0.1) is 13.8 Å². The standard InChI is InChI=1S/C27H30ClN3O4S/c1-19-17-29-12-11-23(19)21-6-3-7-22(16-21)25-18-30(13-5-10-27(32)33)14-15-31(25)36(34,35)26-9-4-8-24(28)20(26)2/h3-4,6-9,11-12,16-17,25H,5,10,13-15,18H2,1-2H3,(H,32,33). The zero-order chi connectivity index (χ0) is 25.9. The number of sulfonamides is 1. The largest absolute Gasteiger partial charge is 0.481 e. The number of aryl methyl sites for hydroxylation is 1. The van der Waals surface area contributed by atoms with Gasteiger partial charge in [-0.2, -0.15) is 4.31 Å². The maximum absolute atomic E-state index is 13.9. The van der Waals surface area contributed by atoms with Crippen LogP contribution in [0.3, 0.4) is 0 Å². The summed E-state index contributed by atoms with van der Waals surface area (Å²) in [5.41, 5.74) is 4.48. The van der Waals surface area contributed by atoms with E-state index >= 15 is 0 Å². The van der Waals surface area contributed by atoms with Crippen LogP contribution >= 0.6 is 11.6 Å². The molecule has 3 aromatic rings. The predicted octanol–water partition coefficient (Wildman–Crippen LogP) is 4.93. The molecule has 0 bridgehead atoms. The number of carboxylic acids is 1. The van der Waals surface area contributed by atoms with Gasteiger partial charge in [-0.05, 0) is 78.9 Å². The second-order valence-electron chi connectivity index (χ2n) is 9.11. The number of carboxylic acid groups (broad SMARTS) is 1. The first-order chi connectivity index (χ1) is 17.2. The van der Waals surface area contributed by atoms with E-state index in [0.717, 1.165) is 22.3 Å². The number of benzene rings is 2. The van der Waals surface area contributed by atoms with E-state index in [2.05, 4.69) is 9.88 Å². The van der Waals surface area contributed by atoms with Crippen molar-refractivity contribution in [2.45, 2.75) is 37.6 Å². The van der Waals surface area contributed by atoms with Crippen molar-refractivity contribution in [3.63, 3.8) is 0 Å². The molecule has 1 atom stereocenters. The van der Waals surface area contributed by atoms with Crippen molar-refractivity contribution in [1.29, 1.82) is 0 Å². The van der Waals surface area contributed by atoms with Crippen molar-refractivity contribution >= 4 is 27.6 Å². The van der Waals surface area contributed by atoms with Gasteiger partial charge in [0.1, 0.15) is 0 Å². The number of hydrogen-bond donors (Lipinski definition) is 1. The van der Waals surface area contributed by atoms with Crippen LogP contribution in [-0.2, 0) is 14.8 Å². The molecule has 0 spiro atoms. The van der Waals surface area contributed by atoms with Gasteiger partial charge >= 0.3 is 5.97 Å². The lowest BCUT2D eigenvalue weighted by molar-refractivity contribution is -0.137. The third-order valence-electron chi connectivity index (χ3n) is 6.69. The van der Waals surface area contributed by atoms with Gasteiger partial charge in [0.05, 0.1) is 10.9 Å². The van der Waals surface area contributed by atoms with Gasteiger partial charge in [-0.15, -0.1) is 0 Å². The highest BCUT2D eigenvalue weighted by molar-refractivity contribution is 7.89. The van der Waals surface area contributed by atoms with E-state index in [0.29, 0.717) is 43.2 Å². The summed E-state index contributed by atoms with van der Waals surface area (Å²) in [5, 5.41) is 9.45. The second kappa shape index (κ2) is 11.1. The molecule has 9 heteroatoms. The molecule has 36 heavy (non-hydrogen) atoms. The fraction of sp³-hybridized carbons (Fsp3) is 0.333. The number of piperazine rings is 1. The zero-order valence-electron chi connectivity index (χ0n) is 20.4. The van der Waals surface area contributed by atoms with Crippen molar-refractivity contribution < 1.29 is 18.3 Å². The molecule has 2 heterocycles. The van der Waals surface area contributed by atoms with Crippen LogP contribution in [0.5, 0.6) is 0 Å². The molecule has 1 aromatic heterocycles. The van der Waals surface area contributed by atoms with Crippen molar-refractivity contribution in [1.82, 2.24) is 14.2 Å². The molecule has 1 fully saturated rings. The Labute approximate surface area is 217 Å². The molecular formula is C27H30ClN3O4S. The first kappa shape index (κ1) is 26.3.